The van der Waals surface area contributed by atoms with E-state index in [1.165, 1.54) is 19.2 Å². The normalized spacial score (nSPS) is 16.5. The van der Waals surface area contributed by atoms with E-state index in [2.05, 4.69) is 22.0 Å². The van der Waals surface area contributed by atoms with Gasteiger partial charge in [-0.1, -0.05) is 0 Å². The third-order valence-electron chi connectivity index (χ3n) is 5.74. The maximum atomic E-state index is 12.4. The van der Waals surface area contributed by atoms with E-state index >= 15 is 0 Å². The molecule has 0 aromatic heterocycles. The third kappa shape index (κ3) is 5.61. The molecule has 0 bridgehead atoms. The average Bonchev–Trinajstić information content (AvgIpc) is 2.79. The largest absolute Gasteiger partial charge is 0.465 e. The molecule has 170 valence electrons. The molecule has 1 N–H and O–H groups in total. The van der Waals surface area contributed by atoms with Gasteiger partial charge in [-0.15, -0.1) is 0 Å². The molecule has 0 saturated carbocycles. The first kappa shape index (κ1) is 23.2. The van der Waals surface area contributed by atoms with Crippen molar-refractivity contribution in [3.8, 4) is 0 Å². The first-order valence-electron chi connectivity index (χ1n) is 10.5. The summed E-state index contributed by atoms with van der Waals surface area (Å²) < 4.78 is 4.74. The number of piperazine rings is 1. The molecular formula is C23H28N4O5. The summed E-state index contributed by atoms with van der Waals surface area (Å²) in [5.41, 5.74) is 2.83. The molecule has 2 aromatic rings. The van der Waals surface area contributed by atoms with Gasteiger partial charge in [-0.05, 0) is 49.7 Å². The number of nitrogens with zero attached hydrogens (tertiary/aromatic N) is 3. The molecule has 1 heterocycles. The first-order valence-corrected chi connectivity index (χ1v) is 10.5. The minimum Gasteiger partial charge on any atom is -0.465 e. The lowest BCUT2D eigenvalue weighted by molar-refractivity contribution is -0.384. The highest BCUT2D eigenvalue weighted by molar-refractivity contribution is 5.91. The molecule has 0 radical (unpaired) electrons. The topological polar surface area (TPSA) is 105 Å². The summed E-state index contributed by atoms with van der Waals surface area (Å²) in [7, 11) is 1.37. The number of nitro benzene ring substituents is 1. The molecule has 32 heavy (non-hydrogen) atoms. The number of nitrogens with one attached hydrogen (secondary N) is 1. The van der Waals surface area contributed by atoms with Crippen LogP contribution in [-0.2, 0) is 9.53 Å². The van der Waals surface area contributed by atoms with Crippen LogP contribution in [0.4, 0.5) is 17.1 Å². The van der Waals surface area contributed by atoms with Crippen LogP contribution in [0.15, 0.2) is 42.5 Å². The van der Waals surface area contributed by atoms with Crippen molar-refractivity contribution in [3.63, 3.8) is 0 Å². The Morgan fingerprint density at radius 3 is 2.50 bits per heavy atom. The van der Waals surface area contributed by atoms with E-state index in [4.69, 9.17) is 4.74 Å². The molecule has 0 aliphatic carbocycles. The molecule has 1 saturated heterocycles. The van der Waals surface area contributed by atoms with Crippen LogP contribution in [-0.4, -0.2) is 61.0 Å². The second-order valence-electron chi connectivity index (χ2n) is 7.92. The minimum atomic E-state index is -0.451. The van der Waals surface area contributed by atoms with E-state index in [0.29, 0.717) is 29.8 Å². The molecule has 3 rings (SSSR count). The highest BCUT2D eigenvalue weighted by Gasteiger charge is 2.24. The van der Waals surface area contributed by atoms with E-state index < -0.39 is 4.92 Å². The fraction of sp³-hybridized carbons (Fsp3) is 0.391. The number of rotatable bonds is 7. The maximum Gasteiger partial charge on any atom is 0.337 e. The first-order chi connectivity index (χ1) is 15.3. The summed E-state index contributed by atoms with van der Waals surface area (Å²) >= 11 is 0. The quantitative estimate of drug-likeness (QED) is 0.400. The van der Waals surface area contributed by atoms with Gasteiger partial charge in [0.05, 0.1) is 17.6 Å². The average molecular weight is 441 g/mol. The Kier molecular flexibility index (Phi) is 7.42. The molecular weight excluding hydrogens is 412 g/mol. The Morgan fingerprint density at radius 2 is 1.91 bits per heavy atom. The molecule has 1 amide bonds. The van der Waals surface area contributed by atoms with Gasteiger partial charge < -0.3 is 15.0 Å². The van der Waals surface area contributed by atoms with Crippen molar-refractivity contribution in [1.82, 2.24) is 4.90 Å². The van der Waals surface area contributed by atoms with Crippen LogP contribution in [0.25, 0.3) is 0 Å². The number of benzene rings is 2. The Morgan fingerprint density at radius 1 is 1.19 bits per heavy atom. The van der Waals surface area contributed by atoms with E-state index in [1.807, 2.05) is 12.1 Å². The number of amides is 1. The molecule has 1 atom stereocenters. The van der Waals surface area contributed by atoms with Gasteiger partial charge in [0.15, 0.2) is 0 Å². The lowest BCUT2D eigenvalue weighted by Crippen LogP contribution is -2.52. The standard InChI is InChI=1S/C23H28N4O5/c1-16-14-20(27(30)31)8-9-21(16)24-22(28)10-11-25-12-13-26(15-17(25)2)19-6-4-18(5-7-19)23(29)32-3/h4-9,14,17H,10-13,15H2,1-3H3,(H,24,28). The van der Waals surface area contributed by atoms with Gasteiger partial charge in [0, 0.05) is 62.1 Å². The predicted molar refractivity (Wildman–Crippen MR) is 122 cm³/mol. The summed E-state index contributed by atoms with van der Waals surface area (Å²) in [5, 5.41) is 13.7. The Bertz CT molecular complexity index is 992. The zero-order valence-electron chi connectivity index (χ0n) is 18.5. The molecule has 9 heteroatoms. The highest BCUT2D eigenvalue weighted by atomic mass is 16.6. The van der Waals surface area contributed by atoms with Crippen molar-refractivity contribution in [2.24, 2.45) is 0 Å². The van der Waals surface area contributed by atoms with Crippen LogP contribution in [0, 0.1) is 17.0 Å². The van der Waals surface area contributed by atoms with Gasteiger partial charge in [0.1, 0.15) is 0 Å². The van der Waals surface area contributed by atoms with E-state index in [0.717, 1.165) is 25.3 Å². The third-order valence-corrected chi connectivity index (χ3v) is 5.74. The number of hydrogen-bond acceptors (Lipinski definition) is 7. The second kappa shape index (κ2) is 10.2. The lowest BCUT2D eigenvalue weighted by Gasteiger charge is -2.41. The monoisotopic (exact) mass is 440 g/mol. The smallest absolute Gasteiger partial charge is 0.337 e. The van der Waals surface area contributed by atoms with Gasteiger partial charge in [-0.25, -0.2) is 4.79 Å². The number of nitro groups is 1. The Labute approximate surface area is 187 Å². The lowest BCUT2D eigenvalue weighted by atomic mass is 10.1. The Balaban J connectivity index is 1.49. The van der Waals surface area contributed by atoms with Gasteiger partial charge in [0.2, 0.25) is 5.91 Å². The minimum absolute atomic E-state index is 0.00660. The molecule has 0 spiro atoms. The number of anilines is 2. The van der Waals surface area contributed by atoms with Crippen LogP contribution < -0.4 is 10.2 Å². The van der Waals surface area contributed by atoms with Gasteiger partial charge in [0.25, 0.3) is 5.69 Å². The van der Waals surface area contributed by atoms with Crippen molar-refractivity contribution in [1.29, 1.82) is 0 Å². The van der Waals surface area contributed by atoms with Gasteiger partial charge >= 0.3 is 5.97 Å². The van der Waals surface area contributed by atoms with Crippen LogP contribution in [0.1, 0.15) is 29.3 Å². The number of aryl methyl sites for hydroxylation is 1. The van der Waals surface area contributed by atoms with Crippen LogP contribution in [0.3, 0.4) is 0 Å². The van der Waals surface area contributed by atoms with Crippen LogP contribution >= 0.6 is 0 Å². The van der Waals surface area contributed by atoms with Crippen molar-refractivity contribution >= 4 is 28.9 Å². The molecule has 1 unspecified atom stereocenters. The van der Waals surface area contributed by atoms with E-state index in [1.54, 1.807) is 25.1 Å². The van der Waals surface area contributed by atoms with Crippen molar-refractivity contribution < 1.29 is 19.2 Å². The second-order valence-corrected chi connectivity index (χ2v) is 7.92. The number of esters is 1. The van der Waals surface area contributed by atoms with E-state index in [-0.39, 0.29) is 23.6 Å². The summed E-state index contributed by atoms with van der Waals surface area (Å²) in [6.45, 7) is 6.97. The molecule has 1 aliphatic rings. The van der Waals surface area contributed by atoms with Gasteiger partial charge in [-0.2, -0.15) is 0 Å². The number of hydrogen-bond donors (Lipinski definition) is 1. The van der Waals surface area contributed by atoms with Crippen molar-refractivity contribution in [2.45, 2.75) is 26.3 Å². The van der Waals surface area contributed by atoms with Crippen LogP contribution in [0.2, 0.25) is 0 Å². The molecule has 9 nitrogen and oxygen atoms in total. The van der Waals surface area contributed by atoms with Crippen molar-refractivity contribution in [2.75, 3.05) is 43.5 Å². The SMILES string of the molecule is COC(=O)c1ccc(N2CCN(CCC(=O)Nc3ccc([N+](=O)[O-])cc3C)C(C)C2)cc1. The molecule has 1 fully saturated rings. The number of carbonyl (C=O) groups excluding carboxylic acids is 2. The number of non-ortho nitro benzene ring substituents is 1. The fourth-order valence-corrected chi connectivity index (χ4v) is 3.85. The summed E-state index contributed by atoms with van der Waals surface area (Å²) in [4.78, 5) is 39.0. The van der Waals surface area contributed by atoms with Crippen molar-refractivity contribution in [3.05, 3.63) is 63.7 Å². The molecule has 1 aliphatic heterocycles. The van der Waals surface area contributed by atoms with E-state index in [9.17, 15) is 19.7 Å². The highest BCUT2D eigenvalue weighted by Crippen LogP contribution is 2.22. The number of ether oxygens (including phenoxy) is 1. The zero-order chi connectivity index (χ0) is 23.3. The maximum absolute atomic E-state index is 12.4. The molecule has 2 aromatic carbocycles. The number of carbonyl (C=O) groups is 2. The predicted octanol–water partition coefficient (Wildman–Crippen LogP) is 3.23. The zero-order valence-corrected chi connectivity index (χ0v) is 18.5. The van der Waals surface area contributed by atoms with Crippen LogP contribution in [0.5, 0.6) is 0 Å². The summed E-state index contributed by atoms with van der Waals surface area (Å²) in [6.07, 6.45) is 0.342. The Hall–Kier alpha value is -3.46. The summed E-state index contributed by atoms with van der Waals surface area (Å²) in [6, 6.07) is 12.1. The summed E-state index contributed by atoms with van der Waals surface area (Å²) in [5.74, 6) is -0.466. The number of methoxy groups -OCH3 is 1. The fourth-order valence-electron chi connectivity index (χ4n) is 3.85. The van der Waals surface area contributed by atoms with Gasteiger partial charge in [-0.3, -0.25) is 19.8 Å².